The molecule has 0 radical (unpaired) electrons. The number of ketones is 1. The number of anilines is 1. The van der Waals surface area contributed by atoms with Gasteiger partial charge in [0, 0.05) is 68.5 Å². The number of likely N-dealkylation sites (tertiary alicyclic amines) is 1. The number of hydrogen-bond acceptors (Lipinski definition) is 7. The number of pyridine rings is 1. The number of aromatic nitrogens is 1. The van der Waals surface area contributed by atoms with E-state index < -0.39 is 5.54 Å². The van der Waals surface area contributed by atoms with Gasteiger partial charge in [0.25, 0.3) is 0 Å². The van der Waals surface area contributed by atoms with Crippen molar-refractivity contribution in [1.29, 1.82) is 0 Å². The van der Waals surface area contributed by atoms with Gasteiger partial charge in [-0.1, -0.05) is 12.1 Å². The van der Waals surface area contributed by atoms with E-state index in [4.69, 9.17) is 0 Å². The molecule has 3 N–H and O–H groups in total. The number of carbonyl (C=O) groups excluding carboxylic acids is 1. The van der Waals surface area contributed by atoms with E-state index in [0.717, 1.165) is 56.0 Å². The number of fused-ring (bicyclic) bond motifs is 1. The van der Waals surface area contributed by atoms with Gasteiger partial charge in [-0.05, 0) is 62.6 Å². The summed E-state index contributed by atoms with van der Waals surface area (Å²) < 4.78 is 0. The molecule has 3 atom stereocenters. The number of aliphatic hydroxyl groups is 1. The van der Waals surface area contributed by atoms with Crippen molar-refractivity contribution in [3.8, 4) is 0 Å². The summed E-state index contributed by atoms with van der Waals surface area (Å²) in [4.78, 5) is 23.2. The molecule has 0 aliphatic carbocycles. The van der Waals surface area contributed by atoms with E-state index >= 15 is 0 Å². The van der Waals surface area contributed by atoms with E-state index in [0.29, 0.717) is 32.1 Å². The summed E-state index contributed by atoms with van der Waals surface area (Å²) in [6.45, 7) is 7.26. The van der Waals surface area contributed by atoms with Crippen LogP contribution in [0.25, 0.3) is 0 Å². The van der Waals surface area contributed by atoms with Gasteiger partial charge in [0.15, 0.2) is 5.78 Å². The Kier molecular flexibility index (Phi) is 6.47. The van der Waals surface area contributed by atoms with Crippen LogP contribution in [0, 0.1) is 6.92 Å². The predicted molar refractivity (Wildman–Crippen MR) is 129 cm³/mol. The summed E-state index contributed by atoms with van der Waals surface area (Å²) in [5.74, 6) is 0.172. The van der Waals surface area contributed by atoms with Crippen LogP contribution in [-0.4, -0.2) is 82.6 Å². The van der Waals surface area contributed by atoms with Gasteiger partial charge in [-0.15, -0.1) is 0 Å². The first kappa shape index (κ1) is 22.5. The molecule has 1 aromatic heterocycles. The molecule has 3 aliphatic rings. The summed E-state index contributed by atoms with van der Waals surface area (Å²) in [5.41, 5.74) is 3.20. The molecule has 1 aromatic carbocycles. The Labute approximate surface area is 196 Å². The average Bonchev–Trinajstić information content (AvgIpc) is 3.28. The Morgan fingerprint density at radius 2 is 2.15 bits per heavy atom. The Bertz CT molecular complexity index is 992. The lowest BCUT2D eigenvalue weighted by molar-refractivity contribution is 0.0304. The van der Waals surface area contributed by atoms with Crippen LogP contribution in [0.2, 0.25) is 0 Å². The second-order valence-electron chi connectivity index (χ2n) is 9.86. The second-order valence-corrected chi connectivity index (χ2v) is 9.86. The fraction of sp³-hybridized carbons (Fsp3) is 0.538. The summed E-state index contributed by atoms with van der Waals surface area (Å²) in [7, 11) is 0. The van der Waals surface area contributed by atoms with Crippen molar-refractivity contribution in [2.45, 2.75) is 50.4 Å². The topological polar surface area (TPSA) is 80.7 Å². The summed E-state index contributed by atoms with van der Waals surface area (Å²) in [5, 5.41) is 17.5. The molecule has 0 bridgehead atoms. The number of carbonyl (C=O) groups is 1. The van der Waals surface area contributed by atoms with Gasteiger partial charge in [0.1, 0.15) is 5.54 Å². The van der Waals surface area contributed by atoms with Gasteiger partial charge in [-0.25, -0.2) is 0 Å². The van der Waals surface area contributed by atoms with Crippen molar-refractivity contribution < 1.29 is 9.90 Å². The third kappa shape index (κ3) is 4.55. The van der Waals surface area contributed by atoms with Crippen LogP contribution >= 0.6 is 0 Å². The minimum absolute atomic E-state index is 0.172. The number of aryl methyl sites for hydroxylation is 1. The number of piperidine rings is 1. The zero-order chi connectivity index (χ0) is 22.8. The minimum atomic E-state index is -0.703. The van der Waals surface area contributed by atoms with Crippen molar-refractivity contribution in [3.63, 3.8) is 0 Å². The summed E-state index contributed by atoms with van der Waals surface area (Å²) >= 11 is 0. The van der Waals surface area contributed by atoms with Crippen molar-refractivity contribution in [2.24, 2.45) is 0 Å². The maximum Gasteiger partial charge on any atom is 0.188 e. The van der Waals surface area contributed by atoms with Gasteiger partial charge < -0.3 is 15.7 Å². The molecule has 2 saturated heterocycles. The normalized spacial score (nSPS) is 28.0. The quantitative estimate of drug-likeness (QED) is 0.623. The highest BCUT2D eigenvalue weighted by atomic mass is 16.3. The van der Waals surface area contributed by atoms with E-state index in [-0.39, 0.29) is 11.9 Å². The molecule has 2 fully saturated rings. The number of rotatable bonds is 6. The smallest absolute Gasteiger partial charge is 0.188 e. The number of nitrogens with one attached hydrogen (secondary N) is 2. The highest BCUT2D eigenvalue weighted by Crippen LogP contribution is 2.35. The predicted octanol–water partition coefficient (Wildman–Crippen LogP) is 2.06. The van der Waals surface area contributed by atoms with Gasteiger partial charge in [-0.3, -0.25) is 19.6 Å². The fourth-order valence-corrected chi connectivity index (χ4v) is 5.75. The van der Waals surface area contributed by atoms with E-state index in [1.165, 1.54) is 5.56 Å². The van der Waals surface area contributed by atoms with Gasteiger partial charge in [0.2, 0.25) is 0 Å². The molecule has 176 valence electrons. The largest absolute Gasteiger partial charge is 0.392 e. The third-order valence-corrected chi connectivity index (χ3v) is 7.53. The van der Waals surface area contributed by atoms with Gasteiger partial charge >= 0.3 is 0 Å². The first-order chi connectivity index (χ1) is 16.0. The molecule has 2 aromatic rings. The van der Waals surface area contributed by atoms with Crippen molar-refractivity contribution >= 4 is 11.5 Å². The molecule has 3 aliphatic heterocycles. The molecule has 1 unspecified atom stereocenters. The highest BCUT2D eigenvalue weighted by molar-refractivity contribution is 6.09. The molecule has 0 spiro atoms. The van der Waals surface area contributed by atoms with Crippen LogP contribution in [0.5, 0.6) is 0 Å². The Balaban J connectivity index is 1.51. The zero-order valence-corrected chi connectivity index (χ0v) is 19.5. The van der Waals surface area contributed by atoms with Crippen LogP contribution in [0.3, 0.4) is 0 Å². The van der Waals surface area contributed by atoms with Crippen molar-refractivity contribution in [1.82, 2.24) is 20.1 Å². The van der Waals surface area contributed by atoms with E-state index in [9.17, 15) is 9.90 Å². The van der Waals surface area contributed by atoms with Crippen molar-refractivity contribution in [3.05, 3.63) is 59.4 Å². The van der Waals surface area contributed by atoms with Crippen LogP contribution in [0.1, 0.15) is 40.9 Å². The monoisotopic (exact) mass is 449 g/mol. The maximum absolute atomic E-state index is 14.1. The van der Waals surface area contributed by atoms with Crippen LogP contribution < -0.4 is 10.6 Å². The number of aliphatic hydroxyl groups excluding tert-OH is 1. The Morgan fingerprint density at radius 3 is 2.91 bits per heavy atom. The van der Waals surface area contributed by atoms with Gasteiger partial charge in [-0.2, -0.15) is 0 Å². The lowest BCUT2D eigenvalue weighted by Gasteiger charge is -2.48. The van der Waals surface area contributed by atoms with Crippen LogP contribution in [0.4, 0.5) is 5.69 Å². The lowest BCUT2D eigenvalue weighted by atomic mass is 9.82. The number of Topliss-reactive ketones (excluding diaryl/α,β-unsaturated/α-hetero) is 1. The first-order valence-electron chi connectivity index (χ1n) is 12.2. The summed E-state index contributed by atoms with van der Waals surface area (Å²) in [6, 6.07) is 12.4. The standard InChI is InChI=1S/C26H35N5O2/c1-19-13-20(8-11-28-19)15-30(21-5-4-10-27-14-21)18-26(31-12-9-22(32)16-31)17-29-24-7-3-2-6-23(24)25(26)33/h2-3,6-8,11,13,21-22,27,29,32H,4-5,9-10,12,14-18H2,1H3/t21-,22+,26?/m0/s1. The molecule has 7 heteroatoms. The summed E-state index contributed by atoms with van der Waals surface area (Å²) in [6.07, 6.45) is 4.47. The molecule has 7 nitrogen and oxygen atoms in total. The van der Waals surface area contributed by atoms with Crippen molar-refractivity contribution in [2.75, 3.05) is 44.6 Å². The average molecular weight is 450 g/mol. The first-order valence-corrected chi connectivity index (χ1v) is 12.2. The van der Waals surface area contributed by atoms with E-state index in [1.807, 2.05) is 37.4 Å². The van der Waals surface area contributed by atoms with Gasteiger partial charge in [0.05, 0.1) is 6.10 Å². The molecule has 4 heterocycles. The Hall–Kier alpha value is -2.32. The molecule has 33 heavy (non-hydrogen) atoms. The molecular formula is C26H35N5O2. The number of nitrogens with zero attached hydrogens (tertiary/aromatic N) is 3. The van der Waals surface area contributed by atoms with Crippen LogP contribution in [-0.2, 0) is 6.54 Å². The number of β-amino-alcohol motifs (C(OH)–C–C–N with tert-alkyl or cyclic N) is 1. The SMILES string of the molecule is Cc1cc(CN(CC2(N3CC[C@@H](O)C3)CNc3ccccc3C2=O)[C@H]2CCCNC2)ccn1. The third-order valence-electron chi connectivity index (χ3n) is 7.53. The minimum Gasteiger partial charge on any atom is -0.392 e. The highest BCUT2D eigenvalue weighted by Gasteiger charge is 2.50. The molecular weight excluding hydrogens is 414 g/mol. The van der Waals surface area contributed by atoms with E-state index in [1.54, 1.807) is 0 Å². The zero-order valence-electron chi connectivity index (χ0n) is 19.5. The Morgan fingerprint density at radius 1 is 1.27 bits per heavy atom. The number of benzene rings is 1. The molecule has 5 rings (SSSR count). The van der Waals surface area contributed by atoms with E-state index in [2.05, 4.69) is 37.6 Å². The van der Waals surface area contributed by atoms with Crippen LogP contribution in [0.15, 0.2) is 42.6 Å². The lowest BCUT2D eigenvalue weighted by Crippen LogP contribution is -2.66. The molecule has 0 amide bonds. The number of hydrogen-bond donors (Lipinski definition) is 3. The second kappa shape index (κ2) is 9.50. The molecule has 0 saturated carbocycles. The number of para-hydroxylation sites is 1. The fourth-order valence-electron chi connectivity index (χ4n) is 5.75. The maximum atomic E-state index is 14.1.